The third-order valence-electron chi connectivity index (χ3n) is 5.29. The molecule has 164 valence electrons. The highest BCUT2D eigenvalue weighted by molar-refractivity contribution is 5.78. The Hall–Kier alpha value is -4.26. The Kier molecular flexibility index (Phi) is 5.93. The molecular weight excluding hydrogens is 414 g/mol. The standard InChI is InChI=1S/C26H23N5O2/c1-18(26-28-30-31-29-26)33-24-10-5-7-20(16-24)14-19-6-4-9-23(15-19)32-17-22-13-12-21-8-2-3-11-25(21)27-22/h2-13,15-16,18H,14,17H2,1H3,(H,28,29,30,31). The van der Waals surface area contributed by atoms with Crippen LogP contribution in [0.15, 0.2) is 84.9 Å². The van der Waals surface area contributed by atoms with Gasteiger partial charge in [0.1, 0.15) is 18.1 Å². The summed E-state index contributed by atoms with van der Waals surface area (Å²) in [4.78, 5) is 4.68. The molecule has 3 aromatic carbocycles. The van der Waals surface area contributed by atoms with Crippen molar-refractivity contribution in [3.8, 4) is 11.5 Å². The lowest BCUT2D eigenvalue weighted by atomic mass is 10.0. The van der Waals surface area contributed by atoms with Crippen molar-refractivity contribution < 1.29 is 9.47 Å². The first-order valence-corrected chi connectivity index (χ1v) is 10.8. The number of hydrogen-bond acceptors (Lipinski definition) is 6. The molecule has 1 unspecified atom stereocenters. The zero-order valence-corrected chi connectivity index (χ0v) is 18.2. The van der Waals surface area contributed by atoms with Gasteiger partial charge < -0.3 is 9.47 Å². The van der Waals surface area contributed by atoms with Gasteiger partial charge in [-0.3, -0.25) is 0 Å². The molecule has 0 amide bonds. The summed E-state index contributed by atoms with van der Waals surface area (Å²) >= 11 is 0. The van der Waals surface area contributed by atoms with E-state index >= 15 is 0 Å². The van der Waals surface area contributed by atoms with Crippen LogP contribution < -0.4 is 9.47 Å². The lowest BCUT2D eigenvalue weighted by molar-refractivity contribution is 0.216. The van der Waals surface area contributed by atoms with Gasteiger partial charge in [-0.05, 0) is 60.9 Å². The lowest BCUT2D eigenvalue weighted by Gasteiger charge is -2.12. The maximum atomic E-state index is 6.03. The van der Waals surface area contributed by atoms with Gasteiger partial charge in [0.15, 0.2) is 6.10 Å². The van der Waals surface area contributed by atoms with Crippen molar-refractivity contribution in [2.24, 2.45) is 0 Å². The summed E-state index contributed by atoms with van der Waals surface area (Å²) in [5, 5.41) is 15.1. The quantitative estimate of drug-likeness (QED) is 0.365. The third kappa shape index (κ3) is 5.15. The molecule has 2 heterocycles. The number of pyridine rings is 1. The SMILES string of the molecule is CC(Oc1cccc(Cc2cccc(OCc3ccc4ccccc4n3)c2)c1)c1nn[nH]n1. The summed E-state index contributed by atoms with van der Waals surface area (Å²) in [6.07, 6.45) is 0.471. The Morgan fingerprint density at radius 3 is 2.45 bits per heavy atom. The topological polar surface area (TPSA) is 85.8 Å². The second-order valence-corrected chi connectivity index (χ2v) is 7.79. The molecule has 7 nitrogen and oxygen atoms in total. The number of ether oxygens (including phenoxy) is 2. The van der Waals surface area contributed by atoms with Gasteiger partial charge in [-0.1, -0.05) is 53.7 Å². The van der Waals surface area contributed by atoms with Crippen LogP contribution in [0.1, 0.15) is 35.7 Å². The maximum absolute atomic E-state index is 6.03. The Bertz CT molecular complexity index is 1350. The monoisotopic (exact) mass is 437 g/mol. The maximum Gasteiger partial charge on any atom is 0.214 e. The second-order valence-electron chi connectivity index (χ2n) is 7.79. The van der Waals surface area contributed by atoms with Crippen molar-refractivity contribution in [3.05, 3.63) is 108 Å². The highest BCUT2D eigenvalue weighted by Gasteiger charge is 2.12. The predicted molar refractivity (Wildman–Crippen MR) is 125 cm³/mol. The summed E-state index contributed by atoms with van der Waals surface area (Å²) in [7, 11) is 0. The molecule has 0 fully saturated rings. The van der Waals surface area contributed by atoms with E-state index in [0.717, 1.165) is 45.6 Å². The summed E-state index contributed by atoms with van der Waals surface area (Å²) in [5.74, 6) is 2.10. The molecule has 1 N–H and O–H groups in total. The number of hydrogen-bond donors (Lipinski definition) is 1. The number of fused-ring (bicyclic) bond motifs is 1. The number of aromatic amines is 1. The zero-order chi connectivity index (χ0) is 22.5. The van der Waals surface area contributed by atoms with Gasteiger partial charge in [0.05, 0.1) is 11.2 Å². The van der Waals surface area contributed by atoms with Crippen LogP contribution in [0, 0.1) is 0 Å². The number of rotatable bonds is 8. The van der Waals surface area contributed by atoms with Crippen LogP contribution in [0.5, 0.6) is 11.5 Å². The lowest BCUT2D eigenvalue weighted by Crippen LogP contribution is -2.05. The van der Waals surface area contributed by atoms with Crippen molar-refractivity contribution >= 4 is 10.9 Å². The molecule has 2 aromatic heterocycles. The van der Waals surface area contributed by atoms with E-state index in [-0.39, 0.29) is 6.10 Å². The van der Waals surface area contributed by atoms with E-state index in [1.54, 1.807) is 0 Å². The first kappa shape index (κ1) is 20.6. The van der Waals surface area contributed by atoms with Crippen LogP contribution in [0.4, 0.5) is 0 Å². The number of tetrazole rings is 1. The summed E-state index contributed by atoms with van der Waals surface area (Å²) in [5.41, 5.74) is 4.17. The number of para-hydroxylation sites is 1. The Labute approximate surface area is 191 Å². The van der Waals surface area contributed by atoms with Crippen LogP contribution in [-0.4, -0.2) is 25.6 Å². The van der Waals surface area contributed by atoms with Gasteiger partial charge in [0, 0.05) is 5.39 Å². The first-order chi connectivity index (χ1) is 16.2. The fourth-order valence-electron chi connectivity index (χ4n) is 3.65. The van der Waals surface area contributed by atoms with Crippen molar-refractivity contribution in [3.63, 3.8) is 0 Å². The van der Waals surface area contributed by atoms with Gasteiger partial charge in [-0.15, -0.1) is 10.2 Å². The largest absolute Gasteiger partial charge is 0.487 e. The molecule has 5 rings (SSSR count). The summed E-state index contributed by atoms with van der Waals surface area (Å²) in [6.45, 7) is 2.31. The van der Waals surface area contributed by atoms with E-state index in [4.69, 9.17) is 9.47 Å². The van der Waals surface area contributed by atoms with E-state index in [1.807, 2.05) is 61.5 Å². The predicted octanol–water partition coefficient (Wildman–Crippen LogP) is 5.06. The fraction of sp³-hybridized carbons (Fsp3) is 0.154. The number of H-pyrrole nitrogens is 1. The smallest absolute Gasteiger partial charge is 0.214 e. The first-order valence-electron chi connectivity index (χ1n) is 10.8. The van der Waals surface area contributed by atoms with Crippen molar-refractivity contribution in [1.29, 1.82) is 0 Å². The van der Waals surface area contributed by atoms with Gasteiger partial charge in [-0.2, -0.15) is 5.21 Å². The van der Waals surface area contributed by atoms with E-state index < -0.39 is 0 Å². The molecule has 7 heteroatoms. The van der Waals surface area contributed by atoms with E-state index in [2.05, 4.69) is 55.9 Å². The Morgan fingerprint density at radius 2 is 1.64 bits per heavy atom. The Morgan fingerprint density at radius 1 is 0.848 bits per heavy atom. The van der Waals surface area contributed by atoms with Crippen LogP contribution in [0.25, 0.3) is 10.9 Å². The summed E-state index contributed by atoms with van der Waals surface area (Å²) in [6, 6.07) is 28.3. The normalized spacial score (nSPS) is 11.9. The fourth-order valence-corrected chi connectivity index (χ4v) is 3.65. The minimum absolute atomic E-state index is 0.292. The summed E-state index contributed by atoms with van der Waals surface area (Å²) < 4.78 is 12.0. The van der Waals surface area contributed by atoms with E-state index in [9.17, 15) is 0 Å². The molecule has 1 atom stereocenters. The van der Waals surface area contributed by atoms with E-state index in [1.165, 1.54) is 0 Å². The van der Waals surface area contributed by atoms with E-state index in [0.29, 0.717) is 12.4 Å². The number of aromatic nitrogens is 5. The van der Waals surface area contributed by atoms with Crippen LogP contribution in [0.2, 0.25) is 0 Å². The minimum atomic E-state index is -0.292. The van der Waals surface area contributed by atoms with Crippen molar-refractivity contribution in [1.82, 2.24) is 25.6 Å². The van der Waals surface area contributed by atoms with Gasteiger partial charge in [0.25, 0.3) is 0 Å². The van der Waals surface area contributed by atoms with Crippen molar-refractivity contribution in [2.45, 2.75) is 26.1 Å². The second kappa shape index (κ2) is 9.48. The third-order valence-corrected chi connectivity index (χ3v) is 5.29. The van der Waals surface area contributed by atoms with Gasteiger partial charge in [0.2, 0.25) is 5.82 Å². The molecule has 0 saturated carbocycles. The molecule has 0 aliphatic rings. The average molecular weight is 438 g/mol. The number of nitrogens with one attached hydrogen (secondary N) is 1. The minimum Gasteiger partial charge on any atom is -0.487 e. The van der Waals surface area contributed by atoms with Crippen molar-refractivity contribution in [2.75, 3.05) is 0 Å². The van der Waals surface area contributed by atoms with Crippen LogP contribution in [0.3, 0.4) is 0 Å². The number of nitrogens with zero attached hydrogens (tertiary/aromatic N) is 4. The molecule has 0 aliphatic carbocycles. The zero-order valence-electron chi connectivity index (χ0n) is 18.2. The molecule has 5 aromatic rings. The highest BCUT2D eigenvalue weighted by Crippen LogP contribution is 2.23. The van der Waals surface area contributed by atoms with Crippen LogP contribution >= 0.6 is 0 Å². The van der Waals surface area contributed by atoms with Gasteiger partial charge in [-0.25, -0.2) is 4.98 Å². The molecule has 33 heavy (non-hydrogen) atoms. The molecule has 0 radical (unpaired) electrons. The average Bonchev–Trinajstić information content (AvgIpc) is 3.39. The molecular formula is C26H23N5O2. The Balaban J connectivity index is 1.23. The molecule has 0 bridgehead atoms. The number of benzene rings is 3. The molecule has 0 aliphatic heterocycles. The highest BCUT2D eigenvalue weighted by atomic mass is 16.5. The molecule has 0 spiro atoms. The van der Waals surface area contributed by atoms with Crippen LogP contribution in [-0.2, 0) is 13.0 Å². The van der Waals surface area contributed by atoms with Gasteiger partial charge >= 0.3 is 0 Å². The molecule has 0 saturated heterocycles.